The summed E-state index contributed by atoms with van der Waals surface area (Å²) in [5, 5.41) is 28.3. The molecule has 8 nitrogen and oxygen atoms in total. The lowest BCUT2D eigenvalue weighted by Crippen LogP contribution is -2.41. The highest BCUT2D eigenvalue weighted by Gasteiger charge is 2.52. The van der Waals surface area contributed by atoms with Gasteiger partial charge in [-0.25, -0.2) is 9.59 Å². The Hall–Kier alpha value is -2.39. The summed E-state index contributed by atoms with van der Waals surface area (Å²) >= 11 is 1.73. The Morgan fingerprint density at radius 1 is 1.06 bits per heavy atom. The summed E-state index contributed by atoms with van der Waals surface area (Å²) in [6, 6.07) is 2.17. The summed E-state index contributed by atoms with van der Waals surface area (Å²) in [7, 11) is 2.04. The number of hydrogen-bond acceptors (Lipinski definition) is 6. The van der Waals surface area contributed by atoms with Gasteiger partial charge < -0.3 is 20.2 Å². The van der Waals surface area contributed by atoms with Gasteiger partial charge in [-0.1, -0.05) is 0 Å². The van der Waals surface area contributed by atoms with Crippen molar-refractivity contribution >= 4 is 29.2 Å². The molecule has 2 fully saturated rings. The van der Waals surface area contributed by atoms with Gasteiger partial charge in [0.15, 0.2) is 0 Å². The molecular formula is C19H24F6N2O6S. The van der Waals surface area contributed by atoms with Gasteiger partial charge in [0.1, 0.15) is 0 Å². The lowest BCUT2D eigenvalue weighted by molar-refractivity contribution is -0.193. The van der Waals surface area contributed by atoms with Gasteiger partial charge in [-0.3, -0.25) is 9.69 Å². The van der Waals surface area contributed by atoms with E-state index in [2.05, 4.69) is 26.6 Å². The molecule has 0 radical (unpaired) electrons. The SMILES string of the molecule is CN1C[C@@H]2CN(Cc3ccsc3)CCC[C@]2(C(=O)O)C1.O=C(O)C(F)(F)F.O=C(O)C(F)(F)F. The third-order valence-electron chi connectivity index (χ3n) is 5.34. The maximum atomic E-state index is 11.8. The molecule has 3 heterocycles. The van der Waals surface area contributed by atoms with Crippen LogP contribution < -0.4 is 0 Å². The van der Waals surface area contributed by atoms with E-state index in [1.807, 2.05) is 7.05 Å². The van der Waals surface area contributed by atoms with Crippen LogP contribution in [-0.4, -0.2) is 88.6 Å². The van der Waals surface area contributed by atoms with Gasteiger partial charge in [0.25, 0.3) is 0 Å². The van der Waals surface area contributed by atoms with Crippen molar-refractivity contribution in [3.63, 3.8) is 0 Å². The summed E-state index contributed by atoms with van der Waals surface area (Å²) in [6.07, 6.45) is -8.36. The molecule has 34 heavy (non-hydrogen) atoms. The molecule has 3 N–H and O–H groups in total. The van der Waals surface area contributed by atoms with Gasteiger partial charge in [0.2, 0.25) is 0 Å². The first-order chi connectivity index (χ1) is 15.5. The topological polar surface area (TPSA) is 118 Å². The molecule has 0 amide bonds. The van der Waals surface area contributed by atoms with Crippen LogP contribution in [0.4, 0.5) is 26.3 Å². The molecule has 2 atom stereocenters. The van der Waals surface area contributed by atoms with Crippen molar-refractivity contribution in [3.8, 4) is 0 Å². The van der Waals surface area contributed by atoms with Crippen LogP contribution in [0.2, 0.25) is 0 Å². The average Bonchev–Trinajstić information content (AvgIpc) is 3.25. The maximum absolute atomic E-state index is 11.8. The van der Waals surface area contributed by atoms with Gasteiger partial charge in [-0.2, -0.15) is 37.7 Å². The van der Waals surface area contributed by atoms with Crippen LogP contribution >= 0.6 is 11.3 Å². The fraction of sp³-hybridized carbons (Fsp3) is 0.632. The maximum Gasteiger partial charge on any atom is 0.490 e. The Morgan fingerprint density at radius 2 is 1.59 bits per heavy atom. The highest BCUT2D eigenvalue weighted by atomic mass is 32.1. The lowest BCUT2D eigenvalue weighted by atomic mass is 9.75. The molecule has 194 valence electrons. The Bertz CT molecular complexity index is 808. The molecule has 2 aliphatic rings. The predicted molar refractivity (Wildman–Crippen MR) is 107 cm³/mol. The van der Waals surface area contributed by atoms with Crippen molar-refractivity contribution in [2.75, 3.05) is 33.2 Å². The van der Waals surface area contributed by atoms with Gasteiger partial charge in [0, 0.05) is 32.1 Å². The Labute approximate surface area is 194 Å². The molecule has 0 aromatic carbocycles. The molecule has 0 spiro atoms. The van der Waals surface area contributed by atoms with Crippen LogP contribution in [0.1, 0.15) is 18.4 Å². The molecule has 2 saturated heterocycles. The number of carboxylic acids is 3. The van der Waals surface area contributed by atoms with E-state index in [1.165, 1.54) is 5.56 Å². The first-order valence-electron chi connectivity index (χ1n) is 9.74. The molecule has 3 rings (SSSR count). The van der Waals surface area contributed by atoms with Crippen LogP contribution in [0.3, 0.4) is 0 Å². The van der Waals surface area contributed by atoms with E-state index in [0.29, 0.717) is 6.54 Å². The molecular weight excluding hydrogens is 498 g/mol. The highest BCUT2D eigenvalue weighted by molar-refractivity contribution is 7.07. The number of carboxylic acid groups (broad SMARTS) is 3. The number of thiophene rings is 1. The molecule has 15 heteroatoms. The predicted octanol–water partition coefficient (Wildman–Crippen LogP) is 3.24. The van der Waals surface area contributed by atoms with E-state index in [0.717, 1.165) is 39.0 Å². The molecule has 0 saturated carbocycles. The summed E-state index contributed by atoms with van der Waals surface area (Å²) in [5.74, 6) is -5.85. The third kappa shape index (κ3) is 8.76. The van der Waals surface area contributed by atoms with E-state index < -0.39 is 35.7 Å². The van der Waals surface area contributed by atoms with Crippen molar-refractivity contribution in [3.05, 3.63) is 22.4 Å². The Kier molecular flexibility index (Phi) is 10.3. The van der Waals surface area contributed by atoms with E-state index in [9.17, 15) is 36.2 Å². The summed E-state index contributed by atoms with van der Waals surface area (Å²) in [6.45, 7) is 4.50. The first-order valence-corrected chi connectivity index (χ1v) is 10.7. The van der Waals surface area contributed by atoms with E-state index in [4.69, 9.17) is 19.8 Å². The fourth-order valence-electron chi connectivity index (χ4n) is 3.90. The monoisotopic (exact) mass is 522 g/mol. The largest absolute Gasteiger partial charge is 0.490 e. The molecule has 1 aromatic heterocycles. The molecule has 2 aliphatic heterocycles. The zero-order valence-electron chi connectivity index (χ0n) is 17.9. The average molecular weight is 522 g/mol. The minimum absolute atomic E-state index is 0.256. The number of fused-ring (bicyclic) bond motifs is 1. The second kappa shape index (κ2) is 11.8. The molecule has 0 bridgehead atoms. The minimum Gasteiger partial charge on any atom is -0.481 e. The minimum atomic E-state index is -5.08. The zero-order chi connectivity index (χ0) is 26.3. The standard InChI is InChI=1S/C15H22N2O2S.2C2HF3O2/c1-16-8-13-9-17(7-12-3-6-20-10-12)5-2-4-15(13,11-16)14(18)19;2*3-2(4,5)1(6)7/h3,6,10,13H,2,4-5,7-9,11H2,1H3,(H,18,19);2*(H,6,7)/t13-,15+;;/m1../s1. The smallest absolute Gasteiger partial charge is 0.481 e. The molecule has 0 unspecified atom stereocenters. The van der Waals surface area contributed by atoms with Crippen molar-refractivity contribution in [1.82, 2.24) is 9.80 Å². The van der Waals surface area contributed by atoms with Crippen molar-refractivity contribution < 1.29 is 56.0 Å². The van der Waals surface area contributed by atoms with Gasteiger partial charge in [0.05, 0.1) is 5.41 Å². The zero-order valence-corrected chi connectivity index (χ0v) is 18.7. The highest BCUT2D eigenvalue weighted by Crippen LogP contribution is 2.42. The molecule has 1 aromatic rings. The summed E-state index contributed by atoms with van der Waals surface area (Å²) in [5.41, 5.74) is 0.835. The third-order valence-corrected chi connectivity index (χ3v) is 6.07. The Balaban J connectivity index is 0.000000343. The summed E-state index contributed by atoms with van der Waals surface area (Å²) in [4.78, 5) is 34.3. The normalized spacial score (nSPS) is 23.4. The van der Waals surface area contributed by atoms with E-state index in [1.54, 1.807) is 11.3 Å². The van der Waals surface area contributed by atoms with Crippen molar-refractivity contribution in [2.24, 2.45) is 11.3 Å². The number of rotatable bonds is 3. The van der Waals surface area contributed by atoms with Gasteiger partial charge >= 0.3 is 30.3 Å². The van der Waals surface area contributed by atoms with Crippen LogP contribution in [0.5, 0.6) is 0 Å². The van der Waals surface area contributed by atoms with E-state index >= 15 is 0 Å². The second-order valence-electron chi connectivity index (χ2n) is 7.93. The Morgan fingerprint density at radius 3 is 2.00 bits per heavy atom. The van der Waals surface area contributed by atoms with E-state index in [-0.39, 0.29) is 5.92 Å². The van der Waals surface area contributed by atoms with Crippen molar-refractivity contribution in [2.45, 2.75) is 31.7 Å². The van der Waals surface area contributed by atoms with Crippen LogP contribution in [0, 0.1) is 11.3 Å². The number of halogens is 6. The van der Waals surface area contributed by atoms with Gasteiger partial charge in [-0.15, -0.1) is 0 Å². The number of carbonyl (C=O) groups is 3. The summed E-state index contributed by atoms with van der Waals surface area (Å²) < 4.78 is 63.5. The first kappa shape index (κ1) is 29.6. The number of hydrogen-bond donors (Lipinski definition) is 3. The number of aliphatic carboxylic acids is 3. The second-order valence-corrected chi connectivity index (χ2v) is 8.71. The number of alkyl halides is 6. The van der Waals surface area contributed by atoms with Crippen LogP contribution in [0.25, 0.3) is 0 Å². The number of likely N-dealkylation sites (tertiary alicyclic amines) is 2. The molecule has 0 aliphatic carbocycles. The number of nitrogens with zero attached hydrogens (tertiary/aromatic N) is 2. The van der Waals surface area contributed by atoms with Crippen molar-refractivity contribution in [1.29, 1.82) is 0 Å². The fourth-order valence-corrected chi connectivity index (χ4v) is 4.56. The van der Waals surface area contributed by atoms with Crippen LogP contribution in [-0.2, 0) is 20.9 Å². The lowest BCUT2D eigenvalue weighted by Gasteiger charge is -2.29. The van der Waals surface area contributed by atoms with Crippen LogP contribution in [0.15, 0.2) is 16.8 Å². The van der Waals surface area contributed by atoms with Gasteiger partial charge in [-0.05, 0) is 48.8 Å². The quantitative estimate of drug-likeness (QED) is 0.518.